The molecule has 2 aliphatic heterocycles. The highest BCUT2D eigenvalue weighted by molar-refractivity contribution is 5.92. The lowest BCUT2D eigenvalue weighted by atomic mass is 9.97. The second-order valence-electron chi connectivity index (χ2n) is 13.3. The van der Waals surface area contributed by atoms with Gasteiger partial charge in [0.15, 0.2) is 23.1 Å². The van der Waals surface area contributed by atoms with Crippen molar-refractivity contribution in [2.24, 2.45) is 5.92 Å². The SMILES string of the molecule is CC[C@H](C)[C@@H]1NC(=O)CCCN(C(=O)c2cc(N3CCOCC3)no2)CCCNC(=O)Cn2nc(Cc3ccc(OC)c(OC)c3)nc2[C@@H](C)NC1=O. The van der Waals surface area contributed by atoms with Gasteiger partial charge in [-0.3, -0.25) is 19.2 Å². The molecule has 2 aromatic heterocycles. The van der Waals surface area contributed by atoms with Gasteiger partial charge < -0.3 is 44.5 Å². The summed E-state index contributed by atoms with van der Waals surface area (Å²) in [5.74, 6) is 1.12. The van der Waals surface area contributed by atoms with E-state index >= 15 is 0 Å². The number of carbonyl (C=O) groups excluding carboxylic acids is 4. The van der Waals surface area contributed by atoms with Crippen LogP contribution in [0.1, 0.15) is 80.3 Å². The topological polar surface area (TPSA) is 195 Å². The standard InChI is InChI=1S/C36H51N9O8/c1-6-23(2)33-35(48)38-24(3)34-39-29(20-25-10-11-26(50-4)27(19-25)51-5)41-45(34)22-32(47)37-12-8-14-44(13-7-9-31(46)40-33)36(49)28-21-30(42-53-28)43-15-17-52-18-16-43/h10-11,19,21,23-24,33H,6-9,12-18,20,22H2,1-5H3,(H,37,47)(H,38,48)(H,40,46)/t23-,24+,33-/m0/s1. The van der Waals surface area contributed by atoms with Gasteiger partial charge in [0, 0.05) is 51.6 Å². The van der Waals surface area contributed by atoms with Crippen LogP contribution in [-0.2, 0) is 32.1 Å². The average molecular weight is 738 g/mol. The highest BCUT2D eigenvalue weighted by Crippen LogP contribution is 2.28. The number of ether oxygens (including phenoxy) is 3. The van der Waals surface area contributed by atoms with Crippen LogP contribution in [0, 0.1) is 5.92 Å². The lowest BCUT2D eigenvalue weighted by molar-refractivity contribution is -0.130. The number of anilines is 1. The Balaban J connectivity index is 1.36. The number of carbonyl (C=O) groups is 4. The van der Waals surface area contributed by atoms with Crippen LogP contribution in [0.5, 0.6) is 11.5 Å². The molecule has 0 unspecified atom stereocenters. The Bertz CT molecular complexity index is 1720. The Morgan fingerprint density at radius 3 is 2.49 bits per heavy atom. The van der Waals surface area contributed by atoms with E-state index in [1.165, 1.54) is 4.68 Å². The maximum atomic E-state index is 13.7. The summed E-state index contributed by atoms with van der Waals surface area (Å²) in [6.45, 7) is 8.73. The number of benzene rings is 1. The van der Waals surface area contributed by atoms with Crippen LogP contribution < -0.4 is 30.3 Å². The number of methoxy groups -OCH3 is 2. The molecule has 2 aliphatic rings. The number of nitrogens with zero attached hydrogens (tertiary/aromatic N) is 6. The normalized spacial score (nSPS) is 20.3. The molecule has 288 valence electrons. The molecule has 1 fully saturated rings. The Labute approximate surface area is 309 Å². The maximum absolute atomic E-state index is 13.7. The molecule has 3 N–H and O–H groups in total. The van der Waals surface area contributed by atoms with Crippen molar-refractivity contribution in [2.75, 3.05) is 65.1 Å². The Kier molecular flexibility index (Phi) is 13.6. The highest BCUT2D eigenvalue weighted by atomic mass is 16.5. The van der Waals surface area contributed by atoms with Gasteiger partial charge in [-0.15, -0.1) is 0 Å². The molecular formula is C36H51N9O8. The molecule has 5 rings (SSSR count). The van der Waals surface area contributed by atoms with Crippen LogP contribution in [0.2, 0.25) is 0 Å². The predicted molar refractivity (Wildman–Crippen MR) is 193 cm³/mol. The van der Waals surface area contributed by atoms with E-state index in [0.29, 0.717) is 87.5 Å². The molecule has 1 aromatic carbocycles. The lowest BCUT2D eigenvalue weighted by Crippen LogP contribution is -2.51. The van der Waals surface area contributed by atoms with Crippen molar-refractivity contribution in [3.05, 3.63) is 47.2 Å². The van der Waals surface area contributed by atoms with E-state index in [4.69, 9.17) is 23.7 Å². The van der Waals surface area contributed by atoms with Gasteiger partial charge in [0.05, 0.1) is 33.5 Å². The first-order chi connectivity index (χ1) is 25.6. The van der Waals surface area contributed by atoms with Crippen molar-refractivity contribution in [1.82, 2.24) is 40.8 Å². The van der Waals surface area contributed by atoms with Crippen LogP contribution in [0.15, 0.2) is 28.8 Å². The van der Waals surface area contributed by atoms with Crippen molar-refractivity contribution in [1.29, 1.82) is 0 Å². The number of morpholine rings is 1. The van der Waals surface area contributed by atoms with Crippen molar-refractivity contribution in [3.63, 3.8) is 0 Å². The third kappa shape index (κ3) is 10.2. The minimum absolute atomic E-state index is 0.0901. The number of nitrogens with one attached hydrogen (secondary N) is 3. The summed E-state index contributed by atoms with van der Waals surface area (Å²) >= 11 is 0. The molecule has 53 heavy (non-hydrogen) atoms. The van der Waals surface area contributed by atoms with Gasteiger partial charge in [0.25, 0.3) is 5.91 Å². The second kappa shape index (κ2) is 18.5. The van der Waals surface area contributed by atoms with Crippen LogP contribution in [0.3, 0.4) is 0 Å². The predicted octanol–water partition coefficient (Wildman–Crippen LogP) is 1.86. The summed E-state index contributed by atoms with van der Waals surface area (Å²) in [4.78, 5) is 62.2. The number of aromatic nitrogens is 4. The summed E-state index contributed by atoms with van der Waals surface area (Å²) in [6, 6.07) is 5.69. The molecular weight excluding hydrogens is 686 g/mol. The van der Waals surface area contributed by atoms with Crippen molar-refractivity contribution in [2.45, 2.75) is 71.5 Å². The first kappa shape index (κ1) is 39.0. The van der Waals surface area contributed by atoms with Gasteiger partial charge in [-0.25, -0.2) is 9.67 Å². The molecule has 0 saturated carbocycles. The Hall–Kier alpha value is -5.19. The number of rotatable bonds is 8. The third-order valence-corrected chi connectivity index (χ3v) is 9.50. The minimum atomic E-state index is -0.815. The fourth-order valence-corrected chi connectivity index (χ4v) is 6.30. The van der Waals surface area contributed by atoms with Crippen LogP contribution in [-0.4, -0.2) is 115 Å². The monoisotopic (exact) mass is 737 g/mol. The number of hydrogen-bond acceptors (Lipinski definition) is 12. The zero-order valence-electron chi connectivity index (χ0n) is 31.2. The molecule has 3 atom stereocenters. The van der Waals surface area contributed by atoms with E-state index in [-0.39, 0.29) is 61.4 Å². The van der Waals surface area contributed by atoms with Crippen LogP contribution in [0.25, 0.3) is 0 Å². The second-order valence-corrected chi connectivity index (χ2v) is 13.3. The van der Waals surface area contributed by atoms with Crippen molar-refractivity contribution in [3.8, 4) is 11.5 Å². The molecule has 3 aromatic rings. The van der Waals surface area contributed by atoms with E-state index in [1.54, 1.807) is 38.2 Å². The number of hydrogen-bond donors (Lipinski definition) is 3. The van der Waals surface area contributed by atoms with Gasteiger partial charge in [0.2, 0.25) is 23.5 Å². The molecule has 17 nitrogen and oxygen atoms in total. The number of amides is 4. The summed E-state index contributed by atoms with van der Waals surface area (Å²) in [6.07, 6.45) is 1.87. The average Bonchev–Trinajstić information content (AvgIpc) is 3.82. The zero-order valence-corrected chi connectivity index (χ0v) is 31.2. The van der Waals surface area contributed by atoms with E-state index in [9.17, 15) is 19.2 Å². The molecule has 0 spiro atoms. The fraction of sp³-hybridized carbons (Fsp3) is 0.583. The molecule has 0 bridgehead atoms. The lowest BCUT2D eigenvalue weighted by Gasteiger charge is -2.26. The maximum Gasteiger partial charge on any atom is 0.292 e. The van der Waals surface area contributed by atoms with Crippen molar-refractivity contribution < 1.29 is 37.9 Å². The van der Waals surface area contributed by atoms with E-state index in [2.05, 4.69) is 26.2 Å². The molecule has 1 saturated heterocycles. The smallest absolute Gasteiger partial charge is 0.292 e. The molecule has 17 heteroatoms. The number of fused-ring (bicyclic) bond motifs is 1. The minimum Gasteiger partial charge on any atom is -0.493 e. The van der Waals surface area contributed by atoms with Crippen LogP contribution in [0.4, 0.5) is 5.82 Å². The van der Waals surface area contributed by atoms with Gasteiger partial charge in [-0.2, -0.15) is 5.10 Å². The highest BCUT2D eigenvalue weighted by Gasteiger charge is 2.30. The Morgan fingerprint density at radius 2 is 1.75 bits per heavy atom. The van der Waals surface area contributed by atoms with Crippen molar-refractivity contribution >= 4 is 29.4 Å². The van der Waals surface area contributed by atoms with Gasteiger partial charge in [-0.1, -0.05) is 31.5 Å². The van der Waals surface area contributed by atoms with Gasteiger partial charge in [0.1, 0.15) is 18.4 Å². The van der Waals surface area contributed by atoms with E-state index in [0.717, 1.165) is 5.56 Å². The van der Waals surface area contributed by atoms with E-state index < -0.39 is 12.1 Å². The molecule has 4 heterocycles. The molecule has 4 amide bonds. The Morgan fingerprint density at radius 1 is 1.00 bits per heavy atom. The summed E-state index contributed by atoms with van der Waals surface area (Å²) < 4.78 is 23.2. The first-order valence-corrected chi connectivity index (χ1v) is 18.2. The summed E-state index contributed by atoms with van der Waals surface area (Å²) in [5.41, 5.74) is 0.860. The summed E-state index contributed by atoms with van der Waals surface area (Å²) in [7, 11) is 3.12. The van der Waals surface area contributed by atoms with Gasteiger partial charge in [-0.05, 0) is 43.4 Å². The van der Waals surface area contributed by atoms with E-state index in [1.807, 2.05) is 30.9 Å². The quantitative estimate of drug-likeness (QED) is 0.304. The largest absolute Gasteiger partial charge is 0.493 e. The molecule has 0 radical (unpaired) electrons. The fourth-order valence-electron chi connectivity index (χ4n) is 6.30. The van der Waals surface area contributed by atoms with Gasteiger partial charge >= 0.3 is 0 Å². The summed E-state index contributed by atoms with van der Waals surface area (Å²) in [5, 5.41) is 17.6. The van der Waals surface area contributed by atoms with Crippen LogP contribution >= 0.6 is 0 Å². The zero-order chi connectivity index (χ0) is 37.9. The first-order valence-electron chi connectivity index (χ1n) is 18.2. The molecule has 0 aliphatic carbocycles. The third-order valence-electron chi connectivity index (χ3n) is 9.50.